The molecule has 0 aromatic heterocycles. The lowest BCUT2D eigenvalue weighted by molar-refractivity contribution is -0.384. The van der Waals surface area contributed by atoms with Crippen LogP contribution in [0, 0.1) is 28.4 Å². The Morgan fingerprint density at radius 1 is 1.22 bits per heavy atom. The van der Waals surface area contributed by atoms with Crippen LogP contribution in [-0.2, 0) is 4.79 Å². The van der Waals surface area contributed by atoms with Crippen molar-refractivity contribution in [2.24, 2.45) is 0 Å². The first-order valence-electron chi connectivity index (χ1n) is 7.79. The van der Waals surface area contributed by atoms with Crippen molar-refractivity contribution in [1.29, 1.82) is 5.26 Å². The Morgan fingerprint density at radius 3 is 2.56 bits per heavy atom. The first-order chi connectivity index (χ1) is 12.9. The van der Waals surface area contributed by atoms with Gasteiger partial charge in [0, 0.05) is 23.8 Å². The second kappa shape index (κ2) is 8.49. The van der Waals surface area contributed by atoms with Gasteiger partial charge >= 0.3 is 0 Å². The Morgan fingerprint density at radius 2 is 1.96 bits per heavy atom. The molecule has 0 spiro atoms. The molecule has 138 valence electrons. The van der Waals surface area contributed by atoms with Gasteiger partial charge in [-0.3, -0.25) is 14.9 Å². The third-order valence-corrected chi connectivity index (χ3v) is 3.79. The van der Waals surface area contributed by atoms with Crippen LogP contribution in [0.1, 0.15) is 11.1 Å². The number of amides is 1. The average molecular weight is 367 g/mol. The molecular weight excluding hydrogens is 350 g/mol. The summed E-state index contributed by atoms with van der Waals surface area (Å²) in [4.78, 5) is 22.8. The number of methoxy groups -OCH3 is 2. The van der Waals surface area contributed by atoms with Crippen molar-refractivity contribution >= 4 is 23.4 Å². The van der Waals surface area contributed by atoms with Crippen molar-refractivity contribution < 1.29 is 19.2 Å². The zero-order chi connectivity index (χ0) is 20.0. The number of carbonyl (C=O) groups excluding carboxylic acids is 1. The number of rotatable bonds is 6. The van der Waals surface area contributed by atoms with Crippen LogP contribution in [0.25, 0.3) is 6.08 Å². The predicted octanol–water partition coefficient (Wildman–Crippen LogP) is 3.47. The third-order valence-electron chi connectivity index (χ3n) is 3.79. The Bertz CT molecular complexity index is 960. The minimum atomic E-state index is -0.682. The second-order valence-corrected chi connectivity index (χ2v) is 5.49. The number of carbonyl (C=O) groups is 1. The summed E-state index contributed by atoms with van der Waals surface area (Å²) in [5.41, 5.74) is 1.07. The summed E-state index contributed by atoms with van der Waals surface area (Å²) in [7, 11) is 2.98. The number of aryl methyl sites for hydroxylation is 1. The summed E-state index contributed by atoms with van der Waals surface area (Å²) in [5, 5.41) is 22.8. The van der Waals surface area contributed by atoms with E-state index in [4.69, 9.17) is 9.47 Å². The zero-order valence-corrected chi connectivity index (χ0v) is 15.0. The molecule has 0 aliphatic heterocycles. The fourth-order valence-corrected chi connectivity index (χ4v) is 2.29. The lowest BCUT2D eigenvalue weighted by atomic mass is 10.1. The summed E-state index contributed by atoms with van der Waals surface area (Å²) in [6.07, 6.45) is 1.38. The van der Waals surface area contributed by atoms with Crippen LogP contribution >= 0.6 is 0 Å². The number of nitrogens with zero attached hydrogens (tertiary/aromatic N) is 2. The number of nitriles is 1. The third kappa shape index (κ3) is 4.61. The largest absolute Gasteiger partial charge is 0.497 e. The lowest BCUT2D eigenvalue weighted by Gasteiger charge is -2.09. The van der Waals surface area contributed by atoms with E-state index in [0.717, 1.165) is 0 Å². The molecule has 2 rings (SSSR count). The number of non-ortho nitro benzene ring substituents is 1. The van der Waals surface area contributed by atoms with Crippen LogP contribution in [0.15, 0.2) is 42.0 Å². The molecule has 27 heavy (non-hydrogen) atoms. The first kappa shape index (κ1) is 19.5. The van der Waals surface area contributed by atoms with Crippen molar-refractivity contribution in [3.63, 3.8) is 0 Å². The number of ether oxygens (including phenoxy) is 2. The topological polar surface area (TPSA) is 114 Å². The molecule has 0 bridgehead atoms. The van der Waals surface area contributed by atoms with E-state index in [1.165, 1.54) is 38.5 Å². The van der Waals surface area contributed by atoms with Gasteiger partial charge in [0.25, 0.3) is 11.6 Å². The van der Waals surface area contributed by atoms with Crippen molar-refractivity contribution in [3.8, 4) is 17.6 Å². The van der Waals surface area contributed by atoms with Gasteiger partial charge in [0.05, 0.1) is 24.8 Å². The summed E-state index contributed by atoms with van der Waals surface area (Å²) >= 11 is 0. The van der Waals surface area contributed by atoms with Gasteiger partial charge in [-0.15, -0.1) is 0 Å². The van der Waals surface area contributed by atoms with Gasteiger partial charge < -0.3 is 14.8 Å². The molecule has 8 heteroatoms. The number of anilines is 1. The SMILES string of the molecule is COc1ccc(/C=C(\C#N)C(=O)Nc2cc([N+](=O)[O-])ccc2C)c(OC)c1. The van der Waals surface area contributed by atoms with E-state index in [2.05, 4.69) is 5.32 Å². The van der Waals surface area contributed by atoms with Crippen LogP contribution in [0.4, 0.5) is 11.4 Å². The van der Waals surface area contributed by atoms with Crippen molar-refractivity contribution in [2.75, 3.05) is 19.5 Å². The molecule has 0 unspecified atom stereocenters. The molecule has 0 heterocycles. The van der Waals surface area contributed by atoms with E-state index in [0.29, 0.717) is 22.6 Å². The van der Waals surface area contributed by atoms with Crippen molar-refractivity contribution in [2.45, 2.75) is 6.92 Å². The maximum atomic E-state index is 12.5. The normalized spacial score (nSPS) is 10.7. The predicted molar refractivity (Wildman–Crippen MR) is 99.6 cm³/mol. The quantitative estimate of drug-likeness (QED) is 0.362. The van der Waals surface area contributed by atoms with Gasteiger partial charge in [0.1, 0.15) is 23.1 Å². The average Bonchev–Trinajstić information content (AvgIpc) is 2.67. The van der Waals surface area contributed by atoms with Gasteiger partial charge in [-0.1, -0.05) is 6.07 Å². The smallest absolute Gasteiger partial charge is 0.271 e. The van der Waals surface area contributed by atoms with Gasteiger partial charge in [-0.2, -0.15) is 5.26 Å². The molecule has 0 aliphatic carbocycles. The first-order valence-corrected chi connectivity index (χ1v) is 7.79. The van der Waals surface area contributed by atoms with Crippen molar-refractivity contribution in [3.05, 3.63) is 63.2 Å². The number of benzene rings is 2. The molecule has 0 saturated carbocycles. The number of nitro groups is 1. The van der Waals surface area contributed by atoms with Crippen LogP contribution in [-0.4, -0.2) is 25.1 Å². The number of hydrogen-bond donors (Lipinski definition) is 1. The highest BCUT2D eigenvalue weighted by Crippen LogP contribution is 2.27. The lowest BCUT2D eigenvalue weighted by Crippen LogP contribution is -2.14. The molecule has 0 atom stereocenters. The highest BCUT2D eigenvalue weighted by molar-refractivity contribution is 6.10. The maximum Gasteiger partial charge on any atom is 0.271 e. The zero-order valence-electron chi connectivity index (χ0n) is 15.0. The van der Waals surface area contributed by atoms with Crippen LogP contribution in [0.2, 0.25) is 0 Å². The van der Waals surface area contributed by atoms with E-state index in [1.807, 2.05) is 6.07 Å². The van der Waals surface area contributed by atoms with Gasteiger partial charge in [0.15, 0.2) is 0 Å². The molecule has 0 radical (unpaired) electrons. The molecule has 2 aromatic carbocycles. The highest BCUT2D eigenvalue weighted by atomic mass is 16.6. The molecule has 1 N–H and O–H groups in total. The fourth-order valence-electron chi connectivity index (χ4n) is 2.29. The number of hydrogen-bond acceptors (Lipinski definition) is 6. The van der Waals surface area contributed by atoms with Gasteiger partial charge in [0.2, 0.25) is 0 Å². The van der Waals surface area contributed by atoms with Gasteiger partial charge in [-0.25, -0.2) is 0 Å². The Kier molecular flexibility index (Phi) is 6.12. The van der Waals surface area contributed by atoms with E-state index >= 15 is 0 Å². The van der Waals surface area contributed by atoms with Crippen LogP contribution < -0.4 is 14.8 Å². The van der Waals surface area contributed by atoms with Crippen molar-refractivity contribution in [1.82, 2.24) is 0 Å². The minimum Gasteiger partial charge on any atom is -0.497 e. The molecular formula is C19H17N3O5. The molecule has 8 nitrogen and oxygen atoms in total. The number of nitro benzene ring substituents is 1. The summed E-state index contributed by atoms with van der Waals surface area (Å²) in [6.45, 7) is 1.70. The summed E-state index contributed by atoms with van der Waals surface area (Å²) in [6, 6.07) is 10.9. The second-order valence-electron chi connectivity index (χ2n) is 5.49. The molecule has 1 amide bonds. The monoisotopic (exact) mass is 367 g/mol. The van der Waals surface area contributed by atoms with E-state index in [9.17, 15) is 20.2 Å². The van der Waals surface area contributed by atoms with Gasteiger partial charge in [-0.05, 0) is 30.7 Å². The summed E-state index contributed by atoms with van der Waals surface area (Å²) < 4.78 is 10.4. The minimum absolute atomic E-state index is 0.157. The van der Waals surface area contributed by atoms with E-state index < -0.39 is 10.8 Å². The Hall–Kier alpha value is -3.86. The van der Waals surface area contributed by atoms with E-state index in [1.54, 1.807) is 25.1 Å². The van der Waals surface area contributed by atoms with E-state index in [-0.39, 0.29) is 16.9 Å². The summed E-state index contributed by atoms with van der Waals surface area (Å²) in [5.74, 6) is 0.319. The van der Waals surface area contributed by atoms with Crippen LogP contribution in [0.3, 0.4) is 0 Å². The fraction of sp³-hybridized carbons (Fsp3) is 0.158. The molecule has 0 aliphatic rings. The Labute approximate surface area is 155 Å². The highest BCUT2D eigenvalue weighted by Gasteiger charge is 2.15. The van der Waals surface area contributed by atoms with Crippen LogP contribution in [0.5, 0.6) is 11.5 Å². The molecule has 0 fully saturated rings. The maximum absolute atomic E-state index is 12.5. The molecule has 0 saturated heterocycles. The molecule has 2 aromatic rings. The standard InChI is InChI=1S/C19H17N3O5/c1-12-4-6-15(22(24)25)9-17(12)21-19(23)14(11-20)8-13-5-7-16(26-2)10-18(13)27-3/h4-10H,1-3H3,(H,21,23)/b14-8+. The Balaban J connectivity index is 2.34. The number of nitrogens with one attached hydrogen (secondary N) is 1.